The Morgan fingerprint density at radius 2 is 1.25 bits per heavy atom. The maximum absolute atomic E-state index is 2.40. The highest BCUT2D eigenvalue weighted by Crippen LogP contribution is 2.39. The fourth-order valence-electron chi connectivity index (χ4n) is 4.58. The molecule has 2 aromatic carbocycles. The van der Waals surface area contributed by atoms with Crippen LogP contribution in [-0.2, 0) is 14.1 Å². The summed E-state index contributed by atoms with van der Waals surface area (Å²) >= 11 is 0. The Morgan fingerprint density at radius 3 is 1.72 bits per heavy atom. The molecule has 4 aromatic rings. The van der Waals surface area contributed by atoms with E-state index in [2.05, 4.69) is 137 Å². The van der Waals surface area contributed by atoms with Crippen molar-refractivity contribution in [2.24, 2.45) is 14.1 Å². The largest absolute Gasteiger partial charge is 1.00 e. The number of rotatable bonds is 8. The number of hydrogen-bond donors (Lipinski definition) is 0. The second-order valence-electron chi connectivity index (χ2n) is 8.21. The average molecular weight is 516 g/mol. The molecule has 32 heavy (non-hydrogen) atoms. The van der Waals surface area contributed by atoms with Crippen molar-refractivity contribution in [3.05, 3.63) is 109 Å². The van der Waals surface area contributed by atoms with Gasteiger partial charge in [-0.1, -0.05) is 67.6 Å². The summed E-state index contributed by atoms with van der Waals surface area (Å²) in [6.07, 6.45) is 15.2. The molecule has 0 spiro atoms. The lowest BCUT2D eigenvalue weighted by Crippen LogP contribution is -3.00. The molecule has 3 unspecified atom stereocenters. The lowest BCUT2D eigenvalue weighted by Gasteiger charge is -2.27. The van der Waals surface area contributed by atoms with Gasteiger partial charge in [-0.05, 0) is 17.5 Å². The highest BCUT2D eigenvalue weighted by molar-refractivity contribution is 5.23. The summed E-state index contributed by atoms with van der Waals surface area (Å²) in [5.74, 6) is 0.439. The van der Waals surface area contributed by atoms with E-state index in [-0.39, 0.29) is 35.4 Å². The molecule has 0 bridgehead atoms. The fraction of sp³-hybridized carbons (Fsp3) is 0.308. The van der Waals surface area contributed by atoms with Gasteiger partial charge in [-0.3, -0.25) is 0 Å². The summed E-state index contributed by atoms with van der Waals surface area (Å²) in [6.45, 7) is 2.31. The van der Waals surface area contributed by atoms with Crippen molar-refractivity contribution in [2.75, 3.05) is 0 Å². The topological polar surface area (TPSA) is 17.6 Å². The van der Waals surface area contributed by atoms with Crippen molar-refractivity contribution < 1.29 is 38.5 Å². The molecule has 0 N–H and O–H groups in total. The molecule has 170 valence electrons. The molecule has 0 saturated heterocycles. The molecule has 0 aliphatic heterocycles. The molecule has 2 heterocycles. The molecule has 3 atom stereocenters. The van der Waals surface area contributed by atoms with Crippen LogP contribution in [0, 0.1) is 0 Å². The molecule has 0 aliphatic rings. The Labute approximate surface area is 208 Å². The number of halogens is 2. The zero-order valence-corrected chi connectivity index (χ0v) is 21.3. The molecule has 6 heteroatoms. The molecular weight excluding hydrogens is 484 g/mol. The number of aromatic nitrogens is 4. The predicted molar refractivity (Wildman–Crippen MR) is 119 cm³/mol. The van der Waals surface area contributed by atoms with E-state index < -0.39 is 0 Å². The van der Waals surface area contributed by atoms with Gasteiger partial charge in [0.2, 0.25) is 12.7 Å². The number of imidazole rings is 2. The number of nitrogens with zero attached hydrogens (tertiary/aromatic N) is 4. The molecule has 0 radical (unpaired) electrons. The fourth-order valence-corrected chi connectivity index (χ4v) is 4.58. The van der Waals surface area contributed by atoms with Gasteiger partial charge in [-0.15, -0.1) is 0 Å². The Hall–Kier alpha value is -2.37. The summed E-state index contributed by atoms with van der Waals surface area (Å²) < 4.78 is 9.01. The van der Waals surface area contributed by atoms with Crippen molar-refractivity contribution in [3.8, 4) is 0 Å². The lowest BCUT2D eigenvalue weighted by atomic mass is 9.84. The van der Waals surface area contributed by atoms with Crippen LogP contribution < -0.4 is 38.5 Å². The normalized spacial score (nSPS) is 13.5. The summed E-state index contributed by atoms with van der Waals surface area (Å²) in [6, 6.07) is 22.5. The molecule has 0 amide bonds. The number of benzene rings is 2. The highest BCUT2D eigenvalue weighted by atomic mass is 79.9. The first-order valence-electron chi connectivity index (χ1n) is 10.8. The van der Waals surface area contributed by atoms with Gasteiger partial charge in [-0.2, -0.15) is 0 Å². The lowest BCUT2D eigenvalue weighted by molar-refractivity contribution is -0.671. The average Bonchev–Trinajstić information content (AvgIpc) is 3.40. The zero-order chi connectivity index (χ0) is 20.9. The molecule has 4 nitrogen and oxygen atoms in total. The molecule has 0 fully saturated rings. The highest BCUT2D eigenvalue weighted by Gasteiger charge is 2.33. The third-order valence-electron chi connectivity index (χ3n) is 6.10. The van der Waals surface area contributed by atoms with Gasteiger partial charge in [0.05, 0.1) is 14.1 Å². The van der Waals surface area contributed by atoms with Crippen molar-refractivity contribution in [1.82, 2.24) is 9.13 Å². The standard InChI is InChI=1S/C26H32N4.BrH.ClH/c1-4-24(22-11-7-5-8-12-22)26(30-18-16-28(3)21-30)19-25(23-13-9-6-10-14-23)29-17-15-27(2)20-29;;/h5-18,20-21,24-26H,4,19H2,1-3H3;2*1H/q+2;;/p-2. The van der Waals surface area contributed by atoms with E-state index in [1.165, 1.54) is 11.1 Å². The van der Waals surface area contributed by atoms with E-state index in [0.717, 1.165) is 12.8 Å². The van der Waals surface area contributed by atoms with E-state index in [9.17, 15) is 0 Å². The molecular formula is C26H32BrClN4. The minimum absolute atomic E-state index is 0. The van der Waals surface area contributed by atoms with Crippen LogP contribution in [0.15, 0.2) is 98.1 Å². The Balaban J connectivity index is 0.00000181. The van der Waals surface area contributed by atoms with E-state index in [0.29, 0.717) is 12.0 Å². The van der Waals surface area contributed by atoms with Crippen LogP contribution in [0.5, 0.6) is 0 Å². The van der Waals surface area contributed by atoms with Crippen LogP contribution >= 0.6 is 0 Å². The Kier molecular flexibility index (Phi) is 9.73. The van der Waals surface area contributed by atoms with Gasteiger partial charge in [0.1, 0.15) is 36.9 Å². The van der Waals surface area contributed by atoms with Crippen molar-refractivity contribution in [2.45, 2.75) is 37.8 Å². The van der Waals surface area contributed by atoms with Crippen molar-refractivity contribution >= 4 is 0 Å². The van der Waals surface area contributed by atoms with Crippen LogP contribution in [0.25, 0.3) is 0 Å². The first-order chi connectivity index (χ1) is 14.7. The van der Waals surface area contributed by atoms with E-state index in [1.807, 2.05) is 0 Å². The van der Waals surface area contributed by atoms with Gasteiger partial charge in [-0.25, -0.2) is 18.3 Å². The van der Waals surface area contributed by atoms with Crippen molar-refractivity contribution in [1.29, 1.82) is 0 Å². The smallest absolute Gasteiger partial charge is 0.244 e. The zero-order valence-electron chi connectivity index (χ0n) is 18.9. The summed E-state index contributed by atoms with van der Waals surface area (Å²) in [5, 5.41) is 0. The van der Waals surface area contributed by atoms with Crippen LogP contribution in [0.2, 0.25) is 0 Å². The maximum atomic E-state index is 2.40. The van der Waals surface area contributed by atoms with Gasteiger partial charge in [0.15, 0.2) is 0 Å². The van der Waals surface area contributed by atoms with Crippen LogP contribution in [0.3, 0.4) is 0 Å². The van der Waals surface area contributed by atoms with Gasteiger partial charge < -0.3 is 29.4 Å². The molecule has 4 rings (SSSR count). The van der Waals surface area contributed by atoms with Crippen LogP contribution in [-0.4, -0.2) is 9.13 Å². The van der Waals surface area contributed by atoms with E-state index in [4.69, 9.17) is 0 Å². The van der Waals surface area contributed by atoms with Crippen LogP contribution in [0.1, 0.15) is 48.9 Å². The van der Waals surface area contributed by atoms with Gasteiger partial charge >= 0.3 is 0 Å². The summed E-state index contributed by atoms with van der Waals surface area (Å²) in [5.41, 5.74) is 2.75. The SMILES string of the molecule is CCC(c1ccccc1)C(CC(c1ccccc1)n1cc[n+](C)c1)n1cc[n+](C)c1.[Br-].[Cl-]. The second kappa shape index (κ2) is 12.0. The van der Waals surface area contributed by atoms with E-state index >= 15 is 0 Å². The second-order valence-corrected chi connectivity index (χ2v) is 8.21. The van der Waals surface area contributed by atoms with E-state index in [1.54, 1.807) is 0 Å². The minimum atomic E-state index is 0. The first kappa shape index (κ1) is 25.9. The Morgan fingerprint density at radius 1 is 0.750 bits per heavy atom. The predicted octanol–water partition coefficient (Wildman–Crippen LogP) is -1.64. The molecule has 0 saturated carbocycles. The minimum Gasteiger partial charge on any atom is -1.00 e. The maximum Gasteiger partial charge on any atom is 0.244 e. The van der Waals surface area contributed by atoms with Gasteiger partial charge in [0.25, 0.3) is 0 Å². The molecule has 2 aromatic heterocycles. The number of aryl methyl sites for hydroxylation is 2. The van der Waals surface area contributed by atoms with Crippen LogP contribution in [0.4, 0.5) is 0 Å². The third kappa shape index (κ3) is 5.90. The molecule has 0 aliphatic carbocycles. The summed E-state index contributed by atoms with van der Waals surface area (Å²) in [7, 11) is 4.18. The third-order valence-corrected chi connectivity index (χ3v) is 6.10. The number of hydrogen-bond acceptors (Lipinski definition) is 0. The Bertz CT molecular complexity index is 1060. The van der Waals surface area contributed by atoms with Gasteiger partial charge in [0, 0.05) is 12.3 Å². The quantitative estimate of drug-likeness (QED) is 0.251. The summed E-state index contributed by atoms with van der Waals surface area (Å²) in [4.78, 5) is 0. The van der Waals surface area contributed by atoms with Crippen molar-refractivity contribution in [3.63, 3.8) is 0 Å². The monoisotopic (exact) mass is 514 g/mol. The first-order valence-corrected chi connectivity index (χ1v) is 10.8.